The summed E-state index contributed by atoms with van der Waals surface area (Å²) < 4.78 is 4.64. The Kier molecular flexibility index (Phi) is 2.44. The monoisotopic (exact) mass is 223 g/mol. The van der Waals surface area contributed by atoms with Gasteiger partial charge in [0.1, 0.15) is 6.33 Å². The first-order valence-corrected chi connectivity index (χ1v) is 5.12. The lowest BCUT2D eigenvalue weighted by molar-refractivity contribution is 0.557. The zero-order valence-electron chi connectivity index (χ0n) is 8.93. The van der Waals surface area contributed by atoms with E-state index in [9.17, 15) is 0 Å². The van der Waals surface area contributed by atoms with Crippen molar-refractivity contribution in [3.8, 4) is 0 Å². The number of aromatic nitrogens is 5. The minimum absolute atomic E-state index is 0.0937. The normalized spacial score (nSPS) is 13.0. The van der Waals surface area contributed by atoms with Crippen LogP contribution in [0.15, 0.2) is 12.5 Å². The van der Waals surface area contributed by atoms with Crippen LogP contribution in [0.3, 0.4) is 0 Å². The lowest BCUT2D eigenvalue weighted by atomic mass is 10.3. The number of hydrogen-bond acceptors (Lipinski definition) is 3. The SMILES string of the molecule is Cc1c[nH]c(=S)n1C(C)c1nncn1C. The average molecular weight is 223 g/mol. The van der Waals surface area contributed by atoms with Crippen LogP contribution < -0.4 is 0 Å². The highest BCUT2D eigenvalue weighted by Gasteiger charge is 2.15. The number of rotatable bonds is 2. The van der Waals surface area contributed by atoms with Crippen molar-refractivity contribution in [3.63, 3.8) is 0 Å². The highest BCUT2D eigenvalue weighted by molar-refractivity contribution is 7.71. The molecule has 1 atom stereocenters. The first kappa shape index (κ1) is 10.1. The summed E-state index contributed by atoms with van der Waals surface area (Å²) in [6, 6.07) is 0.0937. The molecule has 0 spiro atoms. The molecule has 80 valence electrons. The van der Waals surface area contributed by atoms with Crippen molar-refractivity contribution in [2.75, 3.05) is 0 Å². The van der Waals surface area contributed by atoms with Gasteiger partial charge in [0.15, 0.2) is 10.6 Å². The Balaban J connectivity index is 2.49. The van der Waals surface area contributed by atoms with Crippen LogP contribution in [0.5, 0.6) is 0 Å². The van der Waals surface area contributed by atoms with Gasteiger partial charge in [0.2, 0.25) is 0 Å². The summed E-state index contributed by atoms with van der Waals surface area (Å²) in [5, 5.41) is 7.95. The minimum Gasteiger partial charge on any atom is -0.337 e. The van der Waals surface area contributed by atoms with E-state index in [1.54, 1.807) is 6.33 Å². The van der Waals surface area contributed by atoms with E-state index in [1.165, 1.54) is 0 Å². The Bertz CT molecular complexity index is 521. The van der Waals surface area contributed by atoms with E-state index in [2.05, 4.69) is 22.1 Å². The van der Waals surface area contributed by atoms with Gasteiger partial charge in [-0.3, -0.25) is 0 Å². The van der Waals surface area contributed by atoms with Crippen LogP contribution in [-0.4, -0.2) is 24.3 Å². The van der Waals surface area contributed by atoms with Crippen molar-refractivity contribution in [2.45, 2.75) is 19.9 Å². The molecule has 2 rings (SSSR count). The van der Waals surface area contributed by atoms with Crippen molar-refractivity contribution in [3.05, 3.63) is 28.8 Å². The first-order valence-electron chi connectivity index (χ1n) is 4.71. The molecule has 0 saturated heterocycles. The molecule has 0 radical (unpaired) electrons. The molecular weight excluding hydrogens is 210 g/mol. The van der Waals surface area contributed by atoms with Gasteiger partial charge in [-0.25, -0.2) is 0 Å². The summed E-state index contributed by atoms with van der Waals surface area (Å²) >= 11 is 5.22. The number of hydrogen-bond donors (Lipinski definition) is 1. The molecule has 6 heteroatoms. The maximum absolute atomic E-state index is 5.22. The zero-order valence-corrected chi connectivity index (χ0v) is 9.75. The van der Waals surface area contributed by atoms with Crippen LogP contribution in [-0.2, 0) is 7.05 Å². The number of aryl methyl sites for hydroxylation is 2. The summed E-state index contributed by atoms with van der Waals surface area (Å²) in [4.78, 5) is 3.02. The van der Waals surface area contributed by atoms with Crippen molar-refractivity contribution in [2.24, 2.45) is 7.05 Å². The predicted molar refractivity (Wildman–Crippen MR) is 59.2 cm³/mol. The number of aromatic amines is 1. The third-order valence-electron chi connectivity index (χ3n) is 2.51. The fourth-order valence-corrected chi connectivity index (χ4v) is 2.09. The van der Waals surface area contributed by atoms with Crippen molar-refractivity contribution < 1.29 is 0 Å². The second kappa shape index (κ2) is 3.62. The third kappa shape index (κ3) is 1.61. The topological polar surface area (TPSA) is 51.4 Å². The lowest BCUT2D eigenvalue weighted by Crippen LogP contribution is -2.13. The van der Waals surface area contributed by atoms with Crippen LogP contribution in [0.25, 0.3) is 0 Å². The summed E-state index contributed by atoms with van der Waals surface area (Å²) in [5.74, 6) is 0.897. The van der Waals surface area contributed by atoms with Crippen LogP contribution in [0, 0.1) is 11.7 Å². The Hall–Kier alpha value is -1.43. The molecule has 2 aromatic rings. The van der Waals surface area contributed by atoms with Crippen LogP contribution in [0.2, 0.25) is 0 Å². The first-order chi connectivity index (χ1) is 7.11. The summed E-state index contributed by atoms with van der Waals surface area (Å²) in [7, 11) is 1.93. The van der Waals surface area contributed by atoms with Crippen molar-refractivity contribution >= 4 is 12.2 Å². The Morgan fingerprint density at radius 2 is 2.27 bits per heavy atom. The molecule has 0 aliphatic carbocycles. The molecule has 1 unspecified atom stereocenters. The van der Waals surface area contributed by atoms with Crippen LogP contribution in [0.4, 0.5) is 0 Å². The van der Waals surface area contributed by atoms with E-state index in [1.807, 2.05) is 29.3 Å². The molecule has 2 aromatic heterocycles. The summed E-state index contributed by atoms with van der Waals surface area (Å²) in [6.45, 7) is 4.07. The maximum atomic E-state index is 5.22. The second-order valence-electron chi connectivity index (χ2n) is 3.58. The van der Waals surface area contributed by atoms with E-state index < -0.39 is 0 Å². The number of H-pyrrole nitrogens is 1. The second-order valence-corrected chi connectivity index (χ2v) is 3.97. The van der Waals surface area contributed by atoms with Gasteiger partial charge in [0.25, 0.3) is 0 Å². The van der Waals surface area contributed by atoms with Crippen LogP contribution >= 0.6 is 12.2 Å². The number of nitrogens with zero attached hydrogens (tertiary/aromatic N) is 4. The Morgan fingerprint density at radius 3 is 2.73 bits per heavy atom. The average Bonchev–Trinajstić information content (AvgIpc) is 2.73. The van der Waals surface area contributed by atoms with Crippen LogP contribution in [0.1, 0.15) is 24.5 Å². The van der Waals surface area contributed by atoms with Crippen molar-refractivity contribution in [1.82, 2.24) is 24.3 Å². The van der Waals surface area contributed by atoms with Gasteiger partial charge in [-0.15, -0.1) is 10.2 Å². The summed E-state index contributed by atoms with van der Waals surface area (Å²) in [5.41, 5.74) is 1.09. The lowest BCUT2D eigenvalue weighted by Gasteiger charge is -2.13. The number of nitrogens with one attached hydrogen (secondary N) is 1. The van der Waals surface area contributed by atoms with Gasteiger partial charge in [0, 0.05) is 18.9 Å². The molecule has 15 heavy (non-hydrogen) atoms. The molecule has 0 saturated carbocycles. The van der Waals surface area contributed by atoms with Crippen molar-refractivity contribution in [1.29, 1.82) is 0 Å². The molecule has 0 fully saturated rings. The fourth-order valence-electron chi connectivity index (χ4n) is 1.73. The largest absolute Gasteiger partial charge is 0.337 e. The Morgan fingerprint density at radius 1 is 1.53 bits per heavy atom. The molecule has 0 aliphatic heterocycles. The minimum atomic E-state index is 0.0937. The van der Waals surface area contributed by atoms with Gasteiger partial charge in [-0.2, -0.15) is 0 Å². The van der Waals surface area contributed by atoms with Gasteiger partial charge in [0.05, 0.1) is 6.04 Å². The molecule has 0 bridgehead atoms. The highest BCUT2D eigenvalue weighted by Crippen LogP contribution is 2.17. The van der Waals surface area contributed by atoms with E-state index in [0.29, 0.717) is 4.77 Å². The molecule has 0 aliphatic rings. The molecule has 0 aromatic carbocycles. The van der Waals surface area contributed by atoms with E-state index in [-0.39, 0.29) is 6.04 Å². The van der Waals surface area contributed by atoms with E-state index in [4.69, 9.17) is 12.2 Å². The quantitative estimate of drug-likeness (QED) is 0.787. The smallest absolute Gasteiger partial charge is 0.178 e. The van der Waals surface area contributed by atoms with Gasteiger partial charge in [-0.1, -0.05) is 0 Å². The Labute approximate surface area is 92.8 Å². The third-order valence-corrected chi connectivity index (χ3v) is 2.83. The van der Waals surface area contributed by atoms with E-state index in [0.717, 1.165) is 11.5 Å². The molecule has 2 heterocycles. The van der Waals surface area contributed by atoms with Gasteiger partial charge < -0.3 is 14.1 Å². The number of imidazole rings is 1. The zero-order chi connectivity index (χ0) is 11.0. The van der Waals surface area contributed by atoms with Gasteiger partial charge in [-0.05, 0) is 26.1 Å². The molecule has 5 nitrogen and oxygen atoms in total. The summed E-state index contributed by atoms with van der Waals surface area (Å²) in [6.07, 6.45) is 3.59. The predicted octanol–water partition coefficient (Wildman–Crippen LogP) is 1.59. The molecular formula is C9H13N5S. The molecule has 1 N–H and O–H groups in total. The maximum Gasteiger partial charge on any atom is 0.178 e. The highest BCUT2D eigenvalue weighted by atomic mass is 32.1. The fraction of sp³-hybridized carbons (Fsp3) is 0.444. The standard InChI is InChI=1S/C9H13N5S/c1-6-4-10-9(15)14(6)7(2)8-12-11-5-13(8)3/h4-5,7H,1-3H3,(H,10,15). The van der Waals surface area contributed by atoms with Gasteiger partial charge >= 0.3 is 0 Å². The van der Waals surface area contributed by atoms with E-state index >= 15 is 0 Å². The molecule has 0 amide bonds.